The minimum absolute atomic E-state index is 0.0348. The van der Waals surface area contributed by atoms with E-state index in [0.29, 0.717) is 53.3 Å². The van der Waals surface area contributed by atoms with Crippen molar-refractivity contribution in [2.45, 2.75) is 31.7 Å². The number of rotatable bonds is 7. The molecule has 8 nitrogen and oxygen atoms in total. The molecular weight excluding hydrogens is 467 g/mol. The van der Waals surface area contributed by atoms with E-state index in [1.54, 1.807) is 25.3 Å². The van der Waals surface area contributed by atoms with Crippen molar-refractivity contribution >= 4 is 35.1 Å². The van der Waals surface area contributed by atoms with E-state index >= 15 is 0 Å². The molecule has 0 spiro atoms. The highest BCUT2D eigenvalue weighted by Crippen LogP contribution is 2.36. The SMILES string of the molecule is COc1ccc(-c2nc(NC3CCC(C(=O)O)CC3)nc(Oc3c(Cl)cccc3Cl)n2)cc1. The molecule has 4 rings (SSSR count). The van der Waals surface area contributed by atoms with Crippen LogP contribution in [-0.2, 0) is 4.79 Å². The number of aromatic nitrogens is 3. The van der Waals surface area contributed by atoms with Gasteiger partial charge in [-0.1, -0.05) is 29.3 Å². The van der Waals surface area contributed by atoms with E-state index in [1.807, 2.05) is 24.3 Å². The lowest BCUT2D eigenvalue weighted by Crippen LogP contribution is -2.30. The van der Waals surface area contributed by atoms with Gasteiger partial charge >= 0.3 is 12.0 Å². The predicted molar refractivity (Wildman–Crippen MR) is 125 cm³/mol. The van der Waals surface area contributed by atoms with Gasteiger partial charge in [0.05, 0.1) is 23.1 Å². The largest absolute Gasteiger partial charge is 0.497 e. The molecule has 3 aromatic rings. The summed E-state index contributed by atoms with van der Waals surface area (Å²) in [6, 6.07) is 12.4. The minimum Gasteiger partial charge on any atom is -0.497 e. The van der Waals surface area contributed by atoms with Crippen LogP contribution in [0.4, 0.5) is 5.95 Å². The predicted octanol–water partition coefficient (Wildman–Crippen LogP) is 5.70. The van der Waals surface area contributed by atoms with Gasteiger partial charge in [-0.05, 0) is 62.1 Å². The molecule has 1 aliphatic carbocycles. The summed E-state index contributed by atoms with van der Waals surface area (Å²) < 4.78 is 11.1. The summed E-state index contributed by atoms with van der Waals surface area (Å²) in [5, 5.41) is 13.2. The van der Waals surface area contributed by atoms with Crippen molar-refractivity contribution in [1.82, 2.24) is 15.0 Å². The first-order valence-corrected chi connectivity index (χ1v) is 11.2. The Morgan fingerprint density at radius 3 is 2.27 bits per heavy atom. The molecule has 1 heterocycles. The number of methoxy groups -OCH3 is 1. The molecule has 172 valence electrons. The lowest BCUT2D eigenvalue weighted by atomic mass is 9.86. The van der Waals surface area contributed by atoms with Gasteiger partial charge in [-0.3, -0.25) is 4.79 Å². The number of carbonyl (C=O) groups is 1. The maximum Gasteiger partial charge on any atom is 0.327 e. The van der Waals surface area contributed by atoms with Crippen LogP contribution in [-0.4, -0.2) is 39.2 Å². The lowest BCUT2D eigenvalue weighted by Gasteiger charge is -2.26. The number of carboxylic acids is 1. The van der Waals surface area contributed by atoms with E-state index in [9.17, 15) is 9.90 Å². The zero-order valence-corrected chi connectivity index (χ0v) is 19.3. The van der Waals surface area contributed by atoms with Gasteiger partial charge in [0.15, 0.2) is 11.6 Å². The number of anilines is 1. The Bertz CT molecular complexity index is 1120. The zero-order chi connectivity index (χ0) is 23.4. The van der Waals surface area contributed by atoms with Gasteiger partial charge in [0, 0.05) is 11.6 Å². The van der Waals surface area contributed by atoms with Gasteiger partial charge in [-0.25, -0.2) is 0 Å². The fourth-order valence-corrected chi connectivity index (χ4v) is 4.15. The first kappa shape index (κ1) is 23.1. The molecule has 0 aliphatic heterocycles. The van der Waals surface area contributed by atoms with Crippen LogP contribution in [0.15, 0.2) is 42.5 Å². The molecule has 0 atom stereocenters. The van der Waals surface area contributed by atoms with Crippen molar-refractivity contribution < 1.29 is 19.4 Å². The van der Waals surface area contributed by atoms with Crippen molar-refractivity contribution in [2.24, 2.45) is 5.92 Å². The minimum atomic E-state index is -0.747. The quantitative estimate of drug-likeness (QED) is 0.435. The Labute approximate surface area is 200 Å². The standard InChI is InChI=1S/C23H22Cl2N4O4/c1-32-16-11-7-13(8-12-16)20-27-22(26-15-9-5-14(6-10-15)21(30)31)29-23(28-20)33-19-17(24)3-2-4-18(19)25/h2-4,7-8,11-12,14-15H,5-6,9-10H2,1H3,(H,30,31)(H,26,27,28,29). The van der Waals surface area contributed by atoms with Crippen molar-refractivity contribution in [3.05, 3.63) is 52.5 Å². The Hall–Kier alpha value is -3.10. The topological polar surface area (TPSA) is 106 Å². The number of ether oxygens (including phenoxy) is 2. The van der Waals surface area contributed by atoms with Gasteiger partial charge in [0.1, 0.15) is 5.75 Å². The molecule has 2 N–H and O–H groups in total. The van der Waals surface area contributed by atoms with Crippen LogP contribution in [0.25, 0.3) is 11.4 Å². The van der Waals surface area contributed by atoms with Gasteiger partial charge in [-0.2, -0.15) is 15.0 Å². The normalized spacial score (nSPS) is 17.9. The Kier molecular flexibility index (Phi) is 7.15. The first-order valence-electron chi connectivity index (χ1n) is 10.4. The summed E-state index contributed by atoms with van der Waals surface area (Å²) in [6.07, 6.45) is 2.60. The smallest absolute Gasteiger partial charge is 0.327 e. The average molecular weight is 489 g/mol. The Morgan fingerprint density at radius 1 is 1.00 bits per heavy atom. The third kappa shape index (κ3) is 5.64. The summed E-state index contributed by atoms with van der Waals surface area (Å²) in [5.41, 5.74) is 0.742. The van der Waals surface area contributed by atoms with Crippen molar-refractivity contribution in [3.63, 3.8) is 0 Å². The molecule has 0 bridgehead atoms. The van der Waals surface area contributed by atoms with Crippen molar-refractivity contribution in [2.75, 3.05) is 12.4 Å². The van der Waals surface area contributed by atoms with E-state index in [2.05, 4.69) is 20.3 Å². The highest BCUT2D eigenvalue weighted by atomic mass is 35.5. The number of halogens is 2. The van der Waals surface area contributed by atoms with Gasteiger partial charge in [-0.15, -0.1) is 0 Å². The third-order valence-corrected chi connectivity index (χ3v) is 6.08. The highest BCUT2D eigenvalue weighted by Gasteiger charge is 2.26. The maximum absolute atomic E-state index is 11.2. The molecule has 1 aromatic heterocycles. The molecule has 1 saturated carbocycles. The zero-order valence-electron chi connectivity index (χ0n) is 17.8. The molecular formula is C23H22Cl2N4O4. The summed E-state index contributed by atoms with van der Waals surface area (Å²) in [4.78, 5) is 24.6. The fraction of sp³-hybridized carbons (Fsp3) is 0.304. The molecule has 1 aliphatic rings. The van der Waals surface area contributed by atoms with Gasteiger partial charge < -0.3 is 19.9 Å². The van der Waals surface area contributed by atoms with Crippen LogP contribution in [0.5, 0.6) is 17.5 Å². The molecule has 0 amide bonds. The van der Waals surface area contributed by atoms with E-state index in [4.69, 9.17) is 32.7 Å². The number of nitrogens with one attached hydrogen (secondary N) is 1. The van der Waals surface area contributed by atoms with E-state index in [0.717, 1.165) is 5.56 Å². The van der Waals surface area contributed by atoms with Crippen LogP contribution in [0, 0.1) is 5.92 Å². The number of nitrogens with zero attached hydrogens (tertiary/aromatic N) is 3. The van der Waals surface area contributed by atoms with E-state index < -0.39 is 5.97 Å². The molecule has 0 saturated heterocycles. The van der Waals surface area contributed by atoms with Crippen molar-refractivity contribution in [3.8, 4) is 28.9 Å². The molecule has 2 aromatic carbocycles. The number of para-hydroxylation sites is 1. The van der Waals surface area contributed by atoms with Crippen molar-refractivity contribution in [1.29, 1.82) is 0 Å². The summed E-state index contributed by atoms with van der Waals surface area (Å²) in [5.74, 6) is 0.627. The number of carboxylic acid groups (broad SMARTS) is 1. The van der Waals surface area contributed by atoms with E-state index in [-0.39, 0.29) is 23.7 Å². The molecule has 10 heteroatoms. The number of benzene rings is 2. The summed E-state index contributed by atoms with van der Waals surface area (Å²) in [6.45, 7) is 0. The second-order valence-corrected chi connectivity index (χ2v) is 8.49. The van der Waals surface area contributed by atoms with Gasteiger partial charge in [0.25, 0.3) is 0 Å². The molecule has 33 heavy (non-hydrogen) atoms. The van der Waals surface area contributed by atoms with Crippen LogP contribution in [0.1, 0.15) is 25.7 Å². The number of hydrogen-bond donors (Lipinski definition) is 2. The highest BCUT2D eigenvalue weighted by molar-refractivity contribution is 6.37. The monoisotopic (exact) mass is 488 g/mol. The molecule has 1 fully saturated rings. The average Bonchev–Trinajstić information content (AvgIpc) is 2.82. The van der Waals surface area contributed by atoms with Crippen LogP contribution < -0.4 is 14.8 Å². The second-order valence-electron chi connectivity index (χ2n) is 7.68. The first-order chi connectivity index (χ1) is 15.9. The number of aliphatic carboxylic acids is 1. The fourth-order valence-electron chi connectivity index (χ4n) is 3.67. The molecule has 0 unspecified atom stereocenters. The van der Waals surface area contributed by atoms with Gasteiger partial charge in [0.2, 0.25) is 5.95 Å². The lowest BCUT2D eigenvalue weighted by molar-refractivity contribution is -0.142. The van der Waals surface area contributed by atoms with Crippen LogP contribution >= 0.6 is 23.2 Å². The van der Waals surface area contributed by atoms with E-state index in [1.165, 1.54) is 0 Å². The molecule has 0 radical (unpaired) electrons. The third-order valence-electron chi connectivity index (χ3n) is 5.49. The van der Waals surface area contributed by atoms with Crippen LogP contribution in [0.2, 0.25) is 10.0 Å². The second kappa shape index (κ2) is 10.2. The maximum atomic E-state index is 11.2. The summed E-state index contributed by atoms with van der Waals surface area (Å²) >= 11 is 12.5. The Morgan fingerprint density at radius 2 is 1.67 bits per heavy atom. The summed E-state index contributed by atoms with van der Waals surface area (Å²) in [7, 11) is 1.60. The number of hydrogen-bond acceptors (Lipinski definition) is 7. The Balaban J connectivity index is 1.63. The van der Waals surface area contributed by atoms with Crippen LogP contribution in [0.3, 0.4) is 0 Å².